The van der Waals surface area contributed by atoms with Crippen LogP contribution >= 0.6 is 15.9 Å². The Kier molecular flexibility index (Phi) is 5.76. The molecular weight excluding hydrogens is 320 g/mol. The Morgan fingerprint density at radius 3 is 2.80 bits per heavy atom. The molecule has 0 unspecified atom stereocenters. The molecule has 0 saturated carbocycles. The minimum Gasteiger partial charge on any atom is -0.361 e. The maximum absolute atomic E-state index is 12.1. The summed E-state index contributed by atoms with van der Waals surface area (Å²) in [5.74, 6) is 1.66. The zero-order valence-electron chi connectivity index (χ0n) is 11.9. The van der Waals surface area contributed by atoms with Crippen LogP contribution < -0.4 is 5.32 Å². The maximum Gasteiger partial charge on any atom is 0.241 e. The lowest BCUT2D eigenvalue weighted by Crippen LogP contribution is -2.39. The van der Waals surface area contributed by atoms with Crippen LogP contribution in [0.5, 0.6) is 0 Å². The first-order valence-electron chi connectivity index (χ1n) is 7.24. The Labute approximate surface area is 128 Å². The normalized spacial score (nSPS) is 15.2. The van der Waals surface area contributed by atoms with Crippen molar-refractivity contribution in [3.8, 4) is 0 Å². The van der Waals surface area contributed by atoms with Crippen LogP contribution in [-0.2, 0) is 11.2 Å². The molecule has 2 heterocycles. The Morgan fingerprint density at radius 1 is 1.35 bits per heavy atom. The first-order valence-corrected chi connectivity index (χ1v) is 8.03. The van der Waals surface area contributed by atoms with E-state index in [2.05, 4.69) is 38.1 Å². The van der Waals surface area contributed by atoms with Gasteiger partial charge in [0.1, 0.15) is 16.2 Å². The summed E-state index contributed by atoms with van der Waals surface area (Å²) >= 11 is 3.38. The lowest BCUT2D eigenvalue weighted by Gasteiger charge is -2.26. The van der Waals surface area contributed by atoms with E-state index in [4.69, 9.17) is 0 Å². The van der Waals surface area contributed by atoms with Crippen LogP contribution in [0, 0.1) is 0 Å². The highest BCUT2D eigenvalue weighted by atomic mass is 79.9. The number of aromatic nitrogens is 2. The number of carbonyl (C=O) groups is 1. The number of aryl methyl sites for hydroxylation is 1. The van der Waals surface area contributed by atoms with Gasteiger partial charge in [-0.1, -0.05) is 6.92 Å². The van der Waals surface area contributed by atoms with Crippen LogP contribution in [0.1, 0.15) is 38.4 Å². The molecule has 0 atom stereocenters. The fraction of sp³-hybridized carbons (Fsp3) is 0.643. The molecule has 20 heavy (non-hydrogen) atoms. The van der Waals surface area contributed by atoms with E-state index in [-0.39, 0.29) is 5.91 Å². The fourth-order valence-electron chi connectivity index (χ4n) is 2.31. The molecule has 2 rings (SSSR count). The van der Waals surface area contributed by atoms with Crippen molar-refractivity contribution in [3.05, 3.63) is 16.5 Å². The van der Waals surface area contributed by atoms with Crippen molar-refractivity contribution in [3.63, 3.8) is 0 Å². The number of hydrogen-bond donors (Lipinski definition) is 1. The quantitative estimate of drug-likeness (QED) is 0.837. The van der Waals surface area contributed by atoms with Gasteiger partial charge < -0.3 is 10.2 Å². The second-order valence-electron chi connectivity index (χ2n) is 5.04. The van der Waals surface area contributed by atoms with Crippen LogP contribution in [0.15, 0.2) is 10.7 Å². The summed E-state index contributed by atoms with van der Waals surface area (Å²) in [5, 5.41) is 3.11. The van der Waals surface area contributed by atoms with Crippen molar-refractivity contribution >= 4 is 27.7 Å². The molecule has 1 N–H and O–H groups in total. The molecular formula is C14H21BrN4O. The second kappa shape index (κ2) is 7.57. The molecule has 110 valence electrons. The van der Waals surface area contributed by atoms with E-state index < -0.39 is 0 Å². The van der Waals surface area contributed by atoms with Crippen LogP contribution in [0.4, 0.5) is 5.82 Å². The highest BCUT2D eigenvalue weighted by molar-refractivity contribution is 9.10. The van der Waals surface area contributed by atoms with Crippen LogP contribution in [0.3, 0.4) is 0 Å². The third-order valence-electron chi connectivity index (χ3n) is 3.34. The molecule has 0 radical (unpaired) electrons. The van der Waals surface area contributed by atoms with Crippen LogP contribution in [0.2, 0.25) is 0 Å². The Hall–Kier alpha value is -1.17. The monoisotopic (exact) mass is 340 g/mol. The van der Waals surface area contributed by atoms with Crippen LogP contribution in [0.25, 0.3) is 0 Å². The number of likely N-dealkylation sites (tertiary alicyclic amines) is 1. The lowest BCUT2D eigenvalue weighted by molar-refractivity contribution is -0.130. The number of nitrogens with one attached hydrogen (secondary N) is 1. The van der Waals surface area contributed by atoms with Gasteiger partial charge in [-0.2, -0.15) is 0 Å². The highest BCUT2D eigenvalue weighted by Gasteiger charge is 2.16. The van der Waals surface area contributed by atoms with Gasteiger partial charge in [0, 0.05) is 25.6 Å². The molecule has 1 aliphatic rings. The van der Waals surface area contributed by atoms with Crippen molar-refractivity contribution in [1.29, 1.82) is 0 Å². The Bertz CT molecular complexity index is 460. The number of piperidine rings is 1. The van der Waals surface area contributed by atoms with E-state index in [0.29, 0.717) is 12.4 Å². The number of anilines is 1. The van der Waals surface area contributed by atoms with Gasteiger partial charge in [0.15, 0.2) is 0 Å². The average molecular weight is 341 g/mol. The van der Waals surface area contributed by atoms with E-state index in [9.17, 15) is 4.79 Å². The molecule has 0 bridgehead atoms. The van der Waals surface area contributed by atoms with Gasteiger partial charge in [0.2, 0.25) is 5.91 Å². The Balaban J connectivity index is 1.90. The van der Waals surface area contributed by atoms with E-state index in [1.54, 1.807) is 0 Å². The van der Waals surface area contributed by atoms with Gasteiger partial charge in [-0.3, -0.25) is 4.79 Å². The molecule has 6 heteroatoms. The smallest absolute Gasteiger partial charge is 0.241 e. The molecule has 1 fully saturated rings. The summed E-state index contributed by atoms with van der Waals surface area (Å²) in [6.45, 7) is 4.16. The molecule has 1 aromatic rings. The minimum atomic E-state index is 0.150. The first kappa shape index (κ1) is 15.2. The topological polar surface area (TPSA) is 58.1 Å². The number of nitrogens with zero attached hydrogens (tertiary/aromatic N) is 3. The third-order valence-corrected chi connectivity index (χ3v) is 3.75. The van der Waals surface area contributed by atoms with Crippen molar-refractivity contribution in [2.45, 2.75) is 39.0 Å². The SMILES string of the molecule is CCCc1nc(Br)cc(NCC(=O)N2CCCCC2)n1. The zero-order chi connectivity index (χ0) is 14.4. The number of carbonyl (C=O) groups excluding carboxylic acids is 1. The summed E-state index contributed by atoms with van der Waals surface area (Å²) in [6.07, 6.45) is 5.31. The van der Waals surface area contributed by atoms with Crippen LogP contribution in [-0.4, -0.2) is 40.4 Å². The lowest BCUT2D eigenvalue weighted by atomic mass is 10.1. The maximum atomic E-state index is 12.1. The first-order chi connectivity index (χ1) is 9.69. The van der Waals surface area contributed by atoms with E-state index >= 15 is 0 Å². The molecule has 0 aliphatic carbocycles. The van der Waals surface area contributed by atoms with Gasteiger partial charge in [-0.15, -0.1) is 0 Å². The van der Waals surface area contributed by atoms with E-state index in [1.807, 2.05) is 11.0 Å². The summed E-state index contributed by atoms with van der Waals surface area (Å²) in [7, 11) is 0. The standard InChI is InChI=1S/C14H21BrN4O/c1-2-6-12-17-11(15)9-13(18-12)16-10-14(20)19-7-4-3-5-8-19/h9H,2-8,10H2,1H3,(H,16,17,18). The van der Waals surface area contributed by atoms with Crippen molar-refractivity contribution in [2.24, 2.45) is 0 Å². The van der Waals surface area contributed by atoms with Gasteiger partial charge in [-0.25, -0.2) is 9.97 Å². The third kappa shape index (κ3) is 4.44. The van der Waals surface area contributed by atoms with Crippen molar-refractivity contribution in [1.82, 2.24) is 14.9 Å². The predicted molar refractivity (Wildman–Crippen MR) is 82.6 cm³/mol. The summed E-state index contributed by atoms with van der Waals surface area (Å²) in [6, 6.07) is 1.81. The molecule has 1 saturated heterocycles. The summed E-state index contributed by atoms with van der Waals surface area (Å²) in [5.41, 5.74) is 0. The highest BCUT2D eigenvalue weighted by Crippen LogP contribution is 2.14. The van der Waals surface area contributed by atoms with Gasteiger partial charge in [0.05, 0.1) is 6.54 Å². The fourth-order valence-corrected chi connectivity index (χ4v) is 2.73. The molecule has 1 aromatic heterocycles. The van der Waals surface area contributed by atoms with Gasteiger partial charge in [-0.05, 0) is 41.6 Å². The van der Waals surface area contributed by atoms with Crippen molar-refractivity contribution < 1.29 is 4.79 Å². The minimum absolute atomic E-state index is 0.150. The number of hydrogen-bond acceptors (Lipinski definition) is 4. The van der Waals surface area contributed by atoms with Crippen molar-refractivity contribution in [2.75, 3.05) is 25.0 Å². The molecule has 5 nitrogen and oxygen atoms in total. The molecule has 1 aliphatic heterocycles. The van der Waals surface area contributed by atoms with E-state index in [0.717, 1.165) is 49.2 Å². The second-order valence-corrected chi connectivity index (χ2v) is 5.85. The summed E-state index contributed by atoms with van der Waals surface area (Å²) < 4.78 is 0.754. The predicted octanol–water partition coefficient (Wildman–Crippen LogP) is 2.62. The van der Waals surface area contributed by atoms with Gasteiger partial charge >= 0.3 is 0 Å². The number of rotatable bonds is 5. The molecule has 0 spiro atoms. The van der Waals surface area contributed by atoms with Gasteiger partial charge in [0.25, 0.3) is 0 Å². The zero-order valence-corrected chi connectivity index (χ0v) is 13.4. The number of amides is 1. The number of halogens is 1. The summed E-state index contributed by atoms with van der Waals surface area (Å²) in [4.78, 5) is 22.7. The molecule has 1 amide bonds. The van der Waals surface area contributed by atoms with E-state index in [1.165, 1.54) is 6.42 Å². The largest absolute Gasteiger partial charge is 0.361 e. The molecule has 0 aromatic carbocycles. The Morgan fingerprint density at radius 2 is 2.10 bits per heavy atom. The average Bonchev–Trinajstić information content (AvgIpc) is 2.45.